The number of hydrogen-bond acceptors (Lipinski definition) is 2. The van der Waals surface area contributed by atoms with Gasteiger partial charge in [0, 0.05) is 31.4 Å². The van der Waals surface area contributed by atoms with Gasteiger partial charge in [-0.3, -0.25) is 4.79 Å². The molecule has 0 radical (unpaired) electrons. The van der Waals surface area contributed by atoms with E-state index in [4.69, 9.17) is 4.74 Å². The van der Waals surface area contributed by atoms with Crippen molar-refractivity contribution in [1.82, 2.24) is 9.88 Å². The van der Waals surface area contributed by atoms with Crippen LogP contribution in [0.4, 0.5) is 0 Å². The zero-order valence-corrected chi connectivity index (χ0v) is 11.4. The number of morpholine rings is 1. The van der Waals surface area contributed by atoms with Gasteiger partial charge in [0.15, 0.2) is 0 Å². The third-order valence-electron chi connectivity index (χ3n) is 4.25. The van der Waals surface area contributed by atoms with E-state index in [2.05, 4.69) is 11.2 Å². The molecule has 2 aliphatic rings. The van der Waals surface area contributed by atoms with Gasteiger partial charge in [-0.2, -0.15) is 0 Å². The fourth-order valence-corrected chi connectivity index (χ4v) is 3.12. The minimum Gasteiger partial charge on any atom is -0.378 e. The monoisotopic (exact) mass is 262 g/mol. The van der Waals surface area contributed by atoms with Gasteiger partial charge in [0.2, 0.25) is 5.91 Å². The Morgan fingerprint density at radius 2 is 2.05 bits per heavy atom. The SMILES string of the molecule is O=C(CCc1c[nH]c2c1CCCC2)N1CCOCC1. The summed E-state index contributed by atoms with van der Waals surface area (Å²) in [6, 6.07) is 0. The minimum atomic E-state index is 0.272. The van der Waals surface area contributed by atoms with Crippen LogP contribution in [0.1, 0.15) is 36.1 Å². The maximum Gasteiger partial charge on any atom is 0.223 e. The number of carbonyl (C=O) groups excluding carboxylic acids is 1. The molecule has 1 aliphatic heterocycles. The van der Waals surface area contributed by atoms with Gasteiger partial charge in [0.05, 0.1) is 13.2 Å². The van der Waals surface area contributed by atoms with Gasteiger partial charge in [-0.05, 0) is 43.2 Å². The number of carbonyl (C=O) groups is 1. The molecule has 1 aromatic heterocycles. The van der Waals surface area contributed by atoms with Crippen molar-refractivity contribution < 1.29 is 9.53 Å². The second kappa shape index (κ2) is 5.78. The molecule has 0 unspecified atom stereocenters. The lowest BCUT2D eigenvalue weighted by atomic mass is 9.93. The van der Waals surface area contributed by atoms with E-state index in [1.165, 1.54) is 42.5 Å². The molecule has 1 saturated heterocycles. The van der Waals surface area contributed by atoms with Crippen LogP contribution in [0.15, 0.2) is 6.20 Å². The van der Waals surface area contributed by atoms with E-state index in [1.807, 2.05) is 4.90 Å². The highest BCUT2D eigenvalue weighted by molar-refractivity contribution is 5.76. The Morgan fingerprint density at radius 1 is 1.26 bits per heavy atom. The summed E-state index contributed by atoms with van der Waals surface area (Å²) >= 11 is 0. The molecule has 1 N–H and O–H groups in total. The summed E-state index contributed by atoms with van der Waals surface area (Å²) in [6.45, 7) is 2.88. The Bertz CT molecular complexity index is 447. The van der Waals surface area contributed by atoms with Crippen LogP contribution in [0.2, 0.25) is 0 Å². The van der Waals surface area contributed by atoms with E-state index in [1.54, 1.807) is 0 Å². The smallest absolute Gasteiger partial charge is 0.223 e. The first-order valence-corrected chi connectivity index (χ1v) is 7.38. The molecule has 1 fully saturated rings. The van der Waals surface area contributed by atoms with Crippen molar-refractivity contribution in [2.45, 2.75) is 38.5 Å². The van der Waals surface area contributed by atoms with Gasteiger partial charge < -0.3 is 14.6 Å². The molecule has 2 heterocycles. The minimum absolute atomic E-state index is 0.272. The zero-order chi connectivity index (χ0) is 13.1. The van der Waals surface area contributed by atoms with Crippen molar-refractivity contribution in [3.8, 4) is 0 Å². The molecule has 19 heavy (non-hydrogen) atoms. The molecule has 0 atom stereocenters. The first-order valence-electron chi connectivity index (χ1n) is 7.38. The van der Waals surface area contributed by atoms with E-state index in [9.17, 15) is 4.79 Å². The lowest BCUT2D eigenvalue weighted by molar-refractivity contribution is -0.135. The summed E-state index contributed by atoms with van der Waals surface area (Å²) in [6.07, 6.45) is 8.55. The highest BCUT2D eigenvalue weighted by Gasteiger charge is 2.19. The van der Waals surface area contributed by atoms with Crippen LogP contribution in [-0.4, -0.2) is 42.1 Å². The number of nitrogens with zero attached hydrogens (tertiary/aromatic N) is 1. The number of nitrogens with one attached hydrogen (secondary N) is 1. The van der Waals surface area contributed by atoms with E-state index < -0.39 is 0 Å². The van der Waals surface area contributed by atoms with Crippen LogP contribution in [0.3, 0.4) is 0 Å². The van der Waals surface area contributed by atoms with Gasteiger partial charge in [-0.25, -0.2) is 0 Å². The van der Waals surface area contributed by atoms with Gasteiger partial charge in [0.25, 0.3) is 0 Å². The van der Waals surface area contributed by atoms with Crippen LogP contribution >= 0.6 is 0 Å². The van der Waals surface area contributed by atoms with Crippen molar-refractivity contribution in [3.63, 3.8) is 0 Å². The maximum absolute atomic E-state index is 12.1. The Hall–Kier alpha value is -1.29. The molecule has 1 amide bonds. The molecule has 1 aliphatic carbocycles. The fourth-order valence-electron chi connectivity index (χ4n) is 3.12. The van der Waals surface area contributed by atoms with Crippen molar-refractivity contribution in [2.24, 2.45) is 0 Å². The molecular formula is C15H22N2O2. The molecule has 104 valence electrons. The highest BCUT2D eigenvalue weighted by atomic mass is 16.5. The van der Waals surface area contributed by atoms with Crippen LogP contribution in [0, 0.1) is 0 Å². The molecule has 4 heteroatoms. The standard InChI is InChI=1S/C15H22N2O2/c18-15(17-7-9-19-10-8-17)6-5-12-11-16-14-4-2-1-3-13(12)14/h11,16H,1-10H2. The number of fused-ring (bicyclic) bond motifs is 1. The maximum atomic E-state index is 12.1. The van der Waals surface area contributed by atoms with E-state index in [0.717, 1.165) is 19.5 Å². The van der Waals surface area contributed by atoms with Crippen molar-refractivity contribution in [2.75, 3.05) is 26.3 Å². The molecule has 3 rings (SSSR count). The molecule has 0 saturated carbocycles. The molecule has 1 aromatic rings. The number of aromatic nitrogens is 1. The summed E-state index contributed by atoms with van der Waals surface area (Å²) in [5.41, 5.74) is 4.25. The predicted octanol–water partition coefficient (Wildman–Crippen LogP) is 1.68. The predicted molar refractivity (Wildman–Crippen MR) is 73.2 cm³/mol. The summed E-state index contributed by atoms with van der Waals surface area (Å²) in [4.78, 5) is 17.4. The molecule has 0 bridgehead atoms. The van der Waals surface area contributed by atoms with Crippen LogP contribution in [0.5, 0.6) is 0 Å². The average molecular weight is 262 g/mol. The summed E-state index contributed by atoms with van der Waals surface area (Å²) in [7, 11) is 0. The number of aryl methyl sites for hydroxylation is 2. The second-order valence-corrected chi connectivity index (χ2v) is 5.47. The van der Waals surface area contributed by atoms with Crippen LogP contribution < -0.4 is 0 Å². The van der Waals surface area contributed by atoms with Gasteiger partial charge in [0.1, 0.15) is 0 Å². The van der Waals surface area contributed by atoms with Crippen LogP contribution in [-0.2, 0) is 28.8 Å². The molecule has 0 aromatic carbocycles. The summed E-state index contributed by atoms with van der Waals surface area (Å²) < 4.78 is 5.28. The number of H-pyrrole nitrogens is 1. The van der Waals surface area contributed by atoms with E-state index in [0.29, 0.717) is 19.6 Å². The van der Waals surface area contributed by atoms with Crippen molar-refractivity contribution >= 4 is 5.91 Å². The molecule has 4 nitrogen and oxygen atoms in total. The van der Waals surface area contributed by atoms with E-state index in [-0.39, 0.29) is 5.91 Å². The van der Waals surface area contributed by atoms with Crippen LogP contribution in [0.25, 0.3) is 0 Å². The zero-order valence-electron chi connectivity index (χ0n) is 11.4. The number of ether oxygens (including phenoxy) is 1. The quantitative estimate of drug-likeness (QED) is 0.901. The Labute approximate surface area is 114 Å². The number of amides is 1. The Morgan fingerprint density at radius 3 is 2.89 bits per heavy atom. The fraction of sp³-hybridized carbons (Fsp3) is 0.667. The summed E-state index contributed by atoms with van der Waals surface area (Å²) in [5, 5.41) is 0. The second-order valence-electron chi connectivity index (χ2n) is 5.47. The largest absolute Gasteiger partial charge is 0.378 e. The first kappa shape index (κ1) is 12.7. The number of hydrogen-bond donors (Lipinski definition) is 1. The topological polar surface area (TPSA) is 45.3 Å². The van der Waals surface area contributed by atoms with Gasteiger partial charge >= 0.3 is 0 Å². The summed E-state index contributed by atoms with van der Waals surface area (Å²) in [5.74, 6) is 0.272. The van der Waals surface area contributed by atoms with Crippen molar-refractivity contribution in [1.29, 1.82) is 0 Å². The third-order valence-corrected chi connectivity index (χ3v) is 4.25. The molecular weight excluding hydrogens is 240 g/mol. The normalized spacial score (nSPS) is 19.3. The van der Waals surface area contributed by atoms with Gasteiger partial charge in [-0.15, -0.1) is 0 Å². The lowest BCUT2D eigenvalue weighted by Crippen LogP contribution is -2.40. The van der Waals surface area contributed by atoms with E-state index >= 15 is 0 Å². The highest BCUT2D eigenvalue weighted by Crippen LogP contribution is 2.24. The Balaban J connectivity index is 1.57. The Kier molecular flexibility index (Phi) is 3.87. The van der Waals surface area contributed by atoms with Crippen molar-refractivity contribution in [3.05, 3.63) is 23.0 Å². The third kappa shape index (κ3) is 2.84. The number of rotatable bonds is 3. The van der Waals surface area contributed by atoms with Gasteiger partial charge in [-0.1, -0.05) is 0 Å². The lowest BCUT2D eigenvalue weighted by Gasteiger charge is -2.26. The first-order chi connectivity index (χ1) is 9.34. The molecule has 0 spiro atoms. The average Bonchev–Trinajstić information content (AvgIpc) is 2.89. The number of aromatic amines is 1.